The van der Waals surface area contributed by atoms with E-state index in [9.17, 15) is 9.59 Å². The molecule has 1 fully saturated rings. The molecular weight excluding hydrogens is 276 g/mol. The molecule has 20 heavy (non-hydrogen) atoms. The molecule has 0 aliphatic carbocycles. The Kier molecular flexibility index (Phi) is 5.11. The van der Waals surface area contributed by atoms with Gasteiger partial charge in [-0.05, 0) is 18.6 Å². The first-order valence-corrected chi connectivity index (χ1v) is 8.04. The van der Waals surface area contributed by atoms with Crippen molar-refractivity contribution in [3.05, 3.63) is 24.0 Å². The first kappa shape index (κ1) is 15.0. The molecule has 1 unspecified atom stereocenters. The average Bonchev–Trinajstić information content (AvgIpc) is 2.86. The number of carboxylic acids is 1. The predicted octanol–water partition coefficient (Wildman–Crippen LogP) is 1.93. The van der Waals surface area contributed by atoms with Crippen LogP contribution in [0.1, 0.15) is 30.3 Å². The lowest BCUT2D eigenvalue weighted by Crippen LogP contribution is -2.47. The third kappa shape index (κ3) is 3.36. The van der Waals surface area contributed by atoms with Crippen molar-refractivity contribution in [2.45, 2.75) is 32.4 Å². The lowest BCUT2D eigenvalue weighted by Gasteiger charge is -2.34. The van der Waals surface area contributed by atoms with Gasteiger partial charge < -0.3 is 14.6 Å². The van der Waals surface area contributed by atoms with Gasteiger partial charge in [-0.15, -0.1) is 0 Å². The minimum atomic E-state index is -0.848. The Morgan fingerprint density at radius 3 is 3.00 bits per heavy atom. The van der Waals surface area contributed by atoms with Gasteiger partial charge in [-0.25, -0.2) is 0 Å². The summed E-state index contributed by atoms with van der Waals surface area (Å²) in [6.07, 6.45) is 2.89. The number of rotatable bonds is 5. The van der Waals surface area contributed by atoms with E-state index in [-0.39, 0.29) is 18.4 Å². The number of carbonyl (C=O) groups excluding carboxylic acids is 1. The van der Waals surface area contributed by atoms with Crippen LogP contribution in [-0.4, -0.2) is 50.5 Å². The number of carboxylic acid groups (broad SMARTS) is 1. The molecule has 110 valence electrons. The molecule has 1 aliphatic rings. The Morgan fingerprint density at radius 2 is 2.30 bits per heavy atom. The zero-order valence-electron chi connectivity index (χ0n) is 11.6. The van der Waals surface area contributed by atoms with Crippen molar-refractivity contribution in [1.82, 2.24) is 9.47 Å². The monoisotopic (exact) mass is 296 g/mol. The molecule has 0 bridgehead atoms. The maximum atomic E-state index is 12.7. The third-order valence-electron chi connectivity index (χ3n) is 3.41. The summed E-state index contributed by atoms with van der Waals surface area (Å²) in [4.78, 5) is 25.3. The summed E-state index contributed by atoms with van der Waals surface area (Å²) in [7, 11) is 0. The second-order valence-electron chi connectivity index (χ2n) is 4.91. The van der Waals surface area contributed by atoms with Crippen LogP contribution in [0, 0.1) is 0 Å². The SMILES string of the molecule is CCCn1cccc1C(=O)N1CCSCC1CC(=O)O. The molecule has 1 aliphatic heterocycles. The van der Waals surface area contributed by atoms with Crippen LogP contribution in [0.3, 0.4) is 0 Å². The lowest BCUT2D eigenvalue weighted by molar-refractivity contribution is -0.138. The highest BCUT2D eigenvalue weighted by Crippen LogP contribution is 2.21. The molecule has 1 aromatic heterocycles. The van der Waals surface area contributed by atoms with Gasteiger partial charge in [-0.3, -0.25) is 9.59 Å². The van der Waals surface area contributed by atoms with Gasteiger partial charge in [0, 0.05) is 30.8 Å². The van der Waals surface area contributed by atoms with Crippen molar-refractivity contribution in [3.8, 4) is 0 Å². The largest absolute Gasteiger partial charge is 0.481 e. The molecule has 1 N–H and O–H groups in total. The topological polar surface area (TPSA) is 62.5 Å². The molecule has 1 aromatic rings. The van der Waals surface area contributed by atoms with E-state index in [1.807, 2.05) is 22.9 Å². The maximum absolute atomic E-state index is 12.7. The molecular formula is C14H20N2O3S. The fourth-order valence-electron chi connectivity index (χ4n) is 2.48. The van der Waals surface area contributed by atoms with Gasteiger partial charge in [-0.1, -0.05) is 6.92 Å². The van der Waals surface area contributed by atoms with Crippen LogP contribution in [0.4, 0.5) is 0 Å². The normalized spacial score (nSPS) is 19.1. The summed E-state index contributed by atoms with van der Waals surface area (Å²) in [6.45, 7) is 3.50. The number of hydrogen-bond acceptors (Lipinski definition) is 3. The molecule has 5 nitrogen and oxygen atoms in total. The fourth-order valence-corrected chi connectivity index (χ4v) is 3.55. The Morgan fingerprint density at radius 1 is 1.50 bits per heavy atom. The zero-order valence-corrected chi connectivity index (χ0v) is 12.4. The Balaban J connectivity index is 2.16. The van der Waals surface area contributed by atoms with Crippen molar-refractivity contribution in [2.75, 3.05) is 18.1 Å². The maximum Gasteiger partial charge on any atom is 0.305 e. The summed E-state index contributed by atoms with van der Waals surface area (Å²) in [5, 5.41) is 8.98. The number of hydrogen-bond donors (Lipinski definition) is 1. The van der Waals surface area contributed by atoms with Crippen LogP contribution >= 0.6 is 11.8 Å². The highest BCUT2D eigenvalue weighted by molar-refractivity contribution is 7.99. The Labute approximate surface area is 122 Å². The van der Waals surface area contributed by atoms with E-state index in [1.165, 1.54) is 0 Å². The number of thioether (sulfide) groups is 1. The van der Waals surface area contributed by atoms with E-state index >= 15 is 0 Å². The van der Waals surface area contributed by atoms with Gasteiger partial charge in [-0.2, -0.15) is 11.8 Å². The minimum Gasteiger partial charge on any atom is -0.481 e. The quantitative estimate of drug-likeness (QED) is 0.902. The Hall–Kier alpha value is -1.43. The van der Waals surface area contributed by atoms with Crippen molar-refractivity contribution >= 4 is 23.6 Å². The molecule has 0 spiro atoms. The number of carbonyl (C=O) groups is 2. The molecule has 1 atom stereocenters. The summed E-state index contributed by atoms with van der Waals surface area (Å²) in [5.41, 5.74) is 0.661. The number of aliphatic carboxylic acids is 1. The smallest absolute Gasteiger partial charge is 0.305 e. The second-order valence-corrected chi connectivity index (χ2v) is 6.06. The summed E-state index contributed by atoms with van der Waals surface area (Å²) in [6, 6.07) is 3.48. The Bertz CT molecular complexity index is 487. The van der Waals surface area contributed by atoms with Crippen molar-refractivity contribution in [1.29, 1.82) is 0 Å². The zero-order chi connectivity index (χ0) is 14.5. The lowest BCUT2D eigenvalue weighted by atomic mass is 10.2. The molecule has 6 heteroatoms. The standard InChI is InChI=1S/C14H20N2O3S/c1-2-5-15-6-3-4-12(15)14(19)16-7-8-20-10-11(16)9-13(17)18/h3-4,6,11H,2,5,7-10H2,1H3,(H,17,18). The van der Waals surface area contributed by atoms with E-state index in [1.54, 1.807) is 16.7 Å². The van der Waals surface area contributed by atoms with Gasteiger partial charge in [0.05, 0.1) is 12.5 Å². The van der Waals surface area contributed by atoms with Crippen LogP contribution in [0.2, 0.25) is 0 Å². The highest BCUT2D eigenvalue weighted by Gasteiger charge is 2.30. The van der Waals surface area contributed by atoms with Gasteiger partial charge in [0.2, 0.25) is 0 Å². The van der Waals surface area contributed by atoms with E-state index < -0.39 is 5.97 Å². The van der Waals surface area contributed by atoms with Crippen molar-refractivity contribution in [3.63, 3.8) is 0 Å². The predicted molar refractivity (Wildman–Crippen MR) is 79.1 cm³/mol. The van der Waals surface area contributed by atoms with Crippen LogP contribution in [-0.2, 0) is 11.3 Å². The summed E-state index contributed by atoms with van der Waals surface area (Å²) < 4.78 is 1.95. The molecule has 2 heterocycles. The first-order chi connectivity index (χ1) is 9.63. The van der Waals surface area contributed by atoms with Gasteiger partial charge in [0.1, 0.15) is 5.69 Å². The number of nitrogens with zero attached hydrogens (tertiary/aromatic N) is 2. The minimum absolute atomic E-state index is 0.0211. The molecule has 0 aromatic carbocycles. The van der Waals surface area contributed by atoms with Crippen LogP contribution in [0.5, 0.6) is 0 Å². The van der Waals surface area contributed by atoms with E-state index in [4.69, 9.17) is 5.11 Å². The summed E-state index contributed by atoms with van der Waals surface area (Å²) >= 11 is 1.71. The highest BCUT2D eigenvalue weighted by atomic mass is 32.2. The molecule has 1 saturated heterocycles. The summed E-state index contributed by atoms with van der Waals surface area (Å²) in [5.74, 6) is 0.678. The van der Waals surface area contributed by atoms with Crippen molar-refractivity contribution < 1.29 is 14.7 Å². The average molecular weight is 296 g/mol. The van der Waals surface area contributed by atoms with Crippen LogP contribution in [0.25, 0.3) is 0 Å². The van der Waals surface area contributed by atoms with E-state index in [0.717, 1.165) is 18.7 Å². The van der Waals surface area contributed by atoms with Gasteiger partial charge in [0.25, 0.3) is 5.91 Å². The third-order valence-corrected chi connectivity index (χ3v) is 4.50. The van der Waals surface area contributed by atoms with E-state index in [0.29, 0.717) is 18.0 Å². The molecule has 0 radical (unpaired) electrons. The van der Waals surface area contributed by atoms with Crippen LogP contribution < -0.4 is 0 Å². The first-order valence-electron chi connectivity index (χ1n) is 6.89. The molecule has 2 rings (SSSR count). The van der Waals surface area contributed by atoms with Gasteiger partial charge in [0.15, 0.2) is 0 Å². The fraction of sp³-hybridized carbons (Fsp3) is 0.571. The molecule has 0 saturated carbocycles. The van der Waals surface area contributed by atoms with Crippen molar-refractivity contribution in [2.24, 2.45) is 0 Å². The second kappa shape index (κ2) is 6.83. The molecule has 1 amide bonds. The van der Waals surface area contributed by atoms with Gasteiger partial charge >= 0.3 is 5.97 Å². The van der Waals surface area contributed by atoms with Crippen LogP contribution in [0.15, 0.2) is 18.3 Å². The van der Waals surface area contributed by atoms with E-state index in [2.05, 4.69) is 6.92 Å². The number of aromatic nitrogens is 1. The number of amides is 1. The number of aryl methyl sites for hydroxylation is 1.